The maximum Gasteiger partial charge on any atom is 0.472 e. The normalized spacial score (nSPS) is 14.1. The number of ether oxygens (including phenoxy) is 4. The third-order valence-electron chi connectivity index (χ3n) is 17.8. The van der Waals surface area contributed by atoms with E-state index in [4.69, 9.17) is 37.0 Å². The van der Waals surface area contributed by atoms with Crippen LogP contribution in [-0.4, -0.2) is 96.7 Å². The summed E-state index contributed by atoms with van der Waals surface area (Å²) in [5, 5.41) is 10.6. The highest BCUT2D eigenvalue weighted by Gasteiger charge is 2.30. The fraction of sp³-hybridized carbons (Fsp3) is 0.948. The van der Waals surface area contributed by atoms with Crippen LogP contribution in [0.3, 0.4) is 0 Å². The van der Waals surface area contributed by atoms with Gasteiger partial charge >= 0.3 is 39.5 Å². The molecular weight excluding hydrogens is 1260 g/mol. The standard InChI is InChI=1S/C77H150O17P2/c1-67(2)53-45-37-29-23-19-15-13-11-9-10-12-14-16-21-25-33-43-51-59-77(82)94-73(64-88-75(80)58-50-42-36-35-40-48-56-70(7)8)66-92-96(85,86)90-62-71(78)61-89-95(83,84)91-65-72(63-87-74(79)57-49-41-32-28-27-31-39-47-55-69(5)6)93-76(81)60-52-44-34-26-22-18-17-20-24-30-38-46-54-68(3)4/h67-73,78H,9-66H2,1-8H3,(H,83,84)(H,85,86)/t71?,72-,73-/m1/s1. The number of phosphoric acid groups is 2. The summed E-state index contributed by atoms with van der Waals surface area (Å²) >= 11 is 0. The Balaban J connectivity index is 5.17. The number of carbonyl (C=O) groups excluding carboxylic acids is 4. The maximum atomic E-state index is 13.1. The second-order valence-corrected chi connectivity index (χ2v) is 32.6. The SMILES string of the molecule is CC(C)CCCCCCCCCCCCCCCCCCCCC(=O)O[C@H](COC(=O)CCCCCCCCC(C)C)COP(=O)(O)OCC(O)COP(=O)(O)OC[C@@H](COC(=O)CCCCCCCCCCC(C)C)OC(=O)CCCCCCCCCCCCCCC(C)C. The smallest absolute Gasteiger partial charge is 0.462 e. The number of rotatable bonds is 74. The number of phosphoric ester groups is 2. The molecule has 0 aliphatic carbocycles. The van der Waals surface area contributed by atoms with E-state index in [1.54, 1.807) is 0 Å². The molecule has 0 saturated carbocycles. The summed E-state index contributed by atoms with van der Waals surface area (Å²) in [4.78, 5) is 72.8. The second kappa shape index (κ2) is 66.3. The van der Waals surface area contributed by atoms with Gasteiger partial charge in [-0.3, -0.25) is 37.3 Å². The second-order valence-electron chi connectivity index (χ2n) is 29.7. The Morgan fingerprint density at radius 1 is 0.260 bits per heavy atom. The van der Waals surface area contributed by atoms with Gasteiger partial charge in [0.2, 0.25) is 0 Å². The van der Waals surface area contributed by atoms with Crippen molar-refractivity contribution in [3.63, 3.8) is 0 Å². The average Bonchev–Trinajstić information content (AvgIpc) is 1.45. The lowest BCUT2D eigenvalue weighted by atomic mass is 10.0. The monoisotopic (exact) mass is 1410 g/mol. The lowest BCUT2D eigenvalue weighted by molar-refractivity contribution is -0.161. The molecule has 0 aliphatic heterocycles. The van der Waals surface area contributed by atoms with E-state index in [9.17, 15) is 43.2 Å². The Morgan fingerprint density at radius 3 is 0.646 bits per heavy atom. The topological polar surface area (TPSA) is 237 Å². The van der Waals surface area contributed by atoms with Crippen LogP contribution >= 0.6 is 15.6 Å². The molecule has 0 aromatic carbocycles. The van der Waals surface area contributed by atoms with E-state index in [0.29, 0.717) is 31.6 Å². The number of hydrogen-bond donors (Lipinski definition) is 3. The van der Waals surface area contributed by atoms with E-state index in [1.165, 1.54) is 186 Å². The van der Waals surface area contributed by atoms with Gasteiger partial charge in [-0.15, -0.1) is 0 Å². The Labute approximate surface area is 588 Å². The number of unbranched alkanes of at least 4 members (excludes halogenated alkanes) is 40. The quantitative estimate of drug-likeness (QED) is 0.0222. The van der Waals surface area contributed by atoms with Crippen LogP contribution in [0.15, 0.2) is 0 Å². The van der Waals surface area contributed by atoms with Crippen LogP contribution in [0.25, 0.3) is 0 Å². The van der Waals surface area contributed by atoms with E-state index in [0.717, 1.165) is 114 Å². The van der Waals surface area contributed by atoms with Crippen LogP contribution in [0.5, 0.6) is 0 Å². The van der Waals surface area contributed by atoms with Gasteiger partial charge in [0, 0.05) is 25.7 Å². The summed E-state index contributed by atoms with van der Waals surface area (Å²) in [5.41, 5.74) is 0. The molecule has 0 fully saturated rings. The van der Waals surface area contributed by atoms with Gasteiger partial charge in [0.05, 0.1) is 26.4 Å². The number of aliphatic hydroxyl groups is 1. The minimum absolute atomic E-state index is 0.106. The average molecular weight is 1410 g/mol. The molecular formula is C77H150O17P2. The molecule has 570 valence electrons. The van der Waals surface area contributed by atoms with Crippen LogP contribution < -0.4 is 0 Å². The van der Waals surface area contributed by atoms with Gasteiger partial charge in [0.15, 0.2) is 12.2 Å². The van der Waals surface area contributed by atoms with E-state index in [1.807, 2.05) is 0 Å². The molecule has 0 bridgehead atoms. The van der Waals surface area contributed by atoms with Crippen molar-refractivity contribution in [2.24, 2.45) is 23.7 Å². The number of aliphatic hydroxyl groups excluding tert-OH is 1. The molecule has 3 N–H and O–H groups in total. The van der Waals surface area contributed by atoms with Crippen LogP contribution in [0.1, 0.15) is 389 Å². The molecule has 96 heavy (non-hydrogen) atoms. The summed E-state index contributed by atoms with van der Waals surface area (Å²) in [5.74, 6) is 0.880. The Hall–Kier alpha value is -1.94. The summed E-state index contributed by atoms with van der Waals surface area (Å²) < 4.78 is 68.5. The molecule has 0 aliphatic rings. The highest BCUT2D eigenvalue weighted by atomic mass is 31.2. The molecule has 0 radical (unpaired) electrons. The Bertz CT molecular complexity index is 1880. The van der Waals surface area contributed by atoms with E-state index < -0.39 is 97.5 Å². The van der Waals surface area contributed by atoms with Gasteiger partial charge in [-0.1, -0.05) is 338 Å². The van der Waals surface area contributed by atoms with Crippen molar-refractivity contribution in [1.29, 1.82) is 0 Å². The van der Waals surface area contributed by atoms with E-state index in [-0.39, 0.29) is 25.7 Å². The third kappa shape index (κ3) is 70.5. The molecule has 0 aromatic rings. The molecule has 0 saturated heterocycles. The van der Waals surface area contributed by atoms with Crippen molar-refractivity contribution >= 4 is 39.5 Å². The minimum atomic E-state index is -4.96. The van der Waals surface area contributed by atoms with Crippen LogP contribution in [0.2, 0.25) is 0 Å². The summed E-state index contributed by atoms with van der Waals surface area (Å²) in [6.45, 7) is 14.1. The van der Waals surface area contributed by atoms with Gasteiger partial charge in [-0.05, 0) is 49.4 Å². The van der Waals surface area contributed by atoms with Crippen LogP contribution in [0, 0.1) is 23.7 Å². The number of carbonyl (C=O) groups is 4. The predicted molar refractivity (Wildman–Crippen MR) is 391 cm³/mol. The summed E-state index contributed by atoms with van der Waals surface area (Å²) in [6, 6.07) is 0. The first kappa shape index (κ1) is 94.1. The first-order valence-corrected chi connectivity index (χ1v) is 42.7. The van der Waals surface area contributed by atoms with Crippen LogP contribution in [-0.2, 0) is 65.4 Å². The zero-order valence-corrected chi connectivity index (χ0v) is 64.8. The summed E-state index contributed by atoms with van der Waals surface area (Å²) in [7, 11) is -9.91. The predicted octanol–water partition coefficient (Wildman–Crippen LogP) is 22.4. The highest BCUT2D eigenvalue weighted by molar-refractivity contribution is 7.47. The third-order valence-corrected chi connectivity index (χ3v) is 19.7. The molecule has 0 heterocycles. The lowest BCUT2D eigenvalue weighted by Crippen LogP contribution is -2.30. The van der Waals surface area contributed by atoms with Crippen LogP contribution in [0.4, 0.5) is 0 Å². The maximum absolute atomic E-state index is 13.1. The Morgan fingerprint density at radius 2 is 0.438 bits per heavy atom. The lowest BCUT2D eigenvalue weighted by Gasteiger charge is -2.21. The van der Waals surface area contributed by atoms with Crippen molar-refractivity contribution < 1.29 is 80.2 Å². The summed E-state index contributed by atoms with van der Waals surface area (Å²) in [6.07, 6.45) is 51.6. The zero-order valence-electron chi connectivity index (χ0n) is 63.0. The fourth-order valence-electron chi connectivity index (χ4n) is 11.7. The van der Waals surface area contributed by atoms with Crippen molar-refractivity contribution in [3.8, 4) is 0 Å². The molecule has 19 heteroatoms. The molecule has 0 rings (SSSR count). The van der Waals surface area contributed by atoms with Crippen molar-refractivity contribution in [1.82, 2.24) is 0 Å². The van der Waals surface area contributed by atoms with Crippen molar-refractivity contribution in [2.75, 3.05) is 39.6 Å². The van der Waals surface area contributed by atoms with Gasteiger partial charge in [0.25, 0.3) is 0 Å². The van der Waals surface area contributed by atoms with Gasteiger partial charge < -0.3 is 33.8 Å². The van der Waals surface area contributed by atoms with E-state index >= 15 is 0 Å². The Kier molecular flexibility index (Phi) is 65.0. The molecule has 3 unspecified atom stereocenters. The zero-order chi connectivity index (χ0) is 71.0. The highest BCUT2D eigenvalue weighted by Crippen LogP contribution is 2.45. The van der Waals surface area contributed by atoms with Gasteiger partial charge in [-0.25, -0.2) is 9.13 Å². The van der Waals surface area contributed by atoms with Crippen molar-refractivity contribution in [2.45, 2.75) is 408 Å². The molecule has 17 nitrogen and oxygen atoms in total. The molecule has 0 aromatic heterocycles. The molecule has 5 atom stereocenters. The van der Waals surface area contributed by atoms with Gasteiger partial charge in [0.1, 0.15) is 19.3 Å². The number of hydrogen-bond acceptors (Lipinski definition) is 15. The fourth-order valence-corrected chi connectivity index (χ4v) is 13.3. The molecule has 0 amide bonds. The van der Waals surface area contributed by atoms with Crippen molar-refractivity contribution in [3.05, 3.63) is 0 Å². The molecule has 0 spiro atoms. The largest absolute Gasteiger partial charge is 0.472 e. The first-order valence-electron chi connectivity index (χ1n) is 39.7. The first-order chi connectivity index (χ1) is 46.1. The van der Waals surface area contributed by atoms with E-state index in [2.05, 4.69) is 55.4 Å². The number of esters is 4. The minimum Gasteiger partial charge on any atom is -0.462 e. The van der Waals surface area contributed by atoms with Gasteiger partial charge in [-0.2, -0.15) is 0 Å².